The van der Waals surface area contributed by atoms with Crippen molar-refractivity contribution in [1.29, 1.82) is 0 Å². The third-order valence-electron chi connectivity index (χ3n) is 3.76. The molecule has 0 spiro atoms. The van der Waals surface area contributed by atoms with Crippen molar-refractivity contribution in [3.63, 3.8) is 0 Å². The van der Waals surface area contributed by atoms with Gasteiger partial charge in [0.15, 0.2) is 6.10 Å². The van der Waals surface area contributed by atoms with Crippen LogP contribution in [0.25, 0.3) is 0 Å². The lowest BCUT2D eigenvalue weighted by atomic mass is 10.0. The molecule has 2 rings (SSSR count). The fourth-order valence-corrected chi connectivity index (χ4v) is 2.91. The zero-order valence-corrected chi connectivity index (χ0v) is 16.1. The molecule has 0 fully saturated rings. The fraction of sp³-hybridized carbons (Fsp3) is 0.263. The summed E-state index contributed by atoms with van der Waals surface area (Å²) in [7, 11) is 0. The Hall–Kier alpha value is -2.34. The van der Waals surface area contributed by atoms with E-state index in [4.69, 9.17) is 4.74 Å². The van der Waals surface area contributed by atoms with Crippen molar-refractivity contribution in [1.82, 2.24) is 0 Å². The monoisotopic (exact) mass is 405 g/mol. The summed E-state index contributed by atoms with van der Waals surface area (Å²) in [5.41, 5.74) is 3.70. The van der Waals surface area contributed by atoms with Crippen LogP contribution in [0.4, 0.5) is 5.69 Å². The predicted octanol–water partition coefficient (Wildman–Crippen LogP) is 4.26. The molecule has 0 unspecified atom stereocenters. The number of nitrogens with one attached hydrogen (secondary N) is 1. The number of aryl methyl sites for hydroxylation is 3. The number of phenolic OH excluding ortho intramolecular Hbond substituents is 1. The van der Waals surface area contributed by atoms with Crippen LogP contribution >= 0.6 is 15.9 Å². The molecule has 5 nitrogen and oxygen atoms in total. The van der Waals surface area contributed by atoms with Crippen molar-refractivity contribution < 1.29 is 19.4 Å². The maximum Gasteiger partial charge on any atom is 0.342 e. The van der Waals surface area contributed by atoms with E-state index in [0.717, 1.165) is 16.7 Å². The number of halogens is 1. The molecule has 0 aliphatic heterocycles. The van der Waals surface area contributed by atoms with Gasteiger partial charge in [0, 0.05) is 10.2 Å². The first-order valence-electron chi connectivity index (χ1n) is 7.77. The molecular formula is C19H20BrNO4. The number of phenols is 1. The SMILES string of the molecule is Cc1cc(C)c(NC(=O)[C@@H](C)OC(=O)c2cc(Br)ccc2O)c(C)c1. The standard InChI is InChI=1S/C19H20BrNO4/c1-10-7-11(2)17(12(3)8-10)21-18(23)13(4)25-19(24)15-9-14(20)5-6-16(15)22/h5-9,13,22H,1-4H3,(H,21,23)/t13-/m1/s1. The van der Waals surface area contributed by atoms with E-state index >= 15 is 0 Å². The van der Waals surface area contributed by atoms with Gasteiger partial charge in [-0.15, -0.1) is 0 Å². The normalized spacial score (nSPS) is 11.7. The van der Waals surface area contributed by atoms with Gasteiger partial charge in [0.1, 0.15) is 11.3 Å². The lowest BCUT2D eigenvalue weighted by molar-refractivity contribution is -0.123. The number of anilines is 1. The van der Waals surface area contributed by atoms with Crippen LogP contribution in [0, 0.1) is 20.8 Å². The zero-order valence-electron chi connectivity index (χ0n) is 14.5. The highest BCUT2D eigenvalue weighted by atomic mass is 79.9. The largest absolute Gasteiger partial charge is 0.507 e. The fourth-order valence-electron chi connectivity index (χ4n) is 2.55. The number of hydrogen-bond acceptors (Lipinski definition) is 4. The Morgan fingerprint density at radius 1 is 1.12 bits per heavy atom. The molecule has 25 heavy (non-hydrogen) atoms. The lowest BCUT2D eigenvalue weighted by Crippen LogP contribution is -2.30. The van der Waals surface area contributed by atoms with Crippen LogP contribution in [-0.4, -0.2) is 23.1 Å². The van der Waals surface area contributed by atoms with Gasteiger partial charge in [-0.25, -0.2) is 4.79 Å². The van der Waals surface area contributed by atoms with Gasteiger partial charge in [-0.1, -0.05) is 33.6 Å². The average Bonchev–Trinajstić information content (AvgIpc) is 2.52. The minimum atomic E-state index is -1.01. The highest BCUT2D eigenvalue weighted by Gasteiger charge is 2.22. The first-order valence-corrected chi connectivity index (χ1v) is 8.56. The molecule has 1 amide bonds. The summed E-state index contributed by atoms with van der Waals surface area (Å²) in [6.07, 6.45) is -1.01. The van der Waals surface area contributed by atoms with Gasteiger partial charge in [0.2, 0.25) is 0 Å². The minimum absolute atomic E-state index is 0.00304. The zero-order chi connectivity index (χ0) is 18.7. The van der Waals surface area contributed by atoms with E-state index in [0.29, 0.717) is 10.2 Å². The average molecular weight is 406 g/mol. The van der Waals surface area contributed by atoms with Crippen molar-refractivity contribution in [2.75, 3.05) is 5.32 Å². The molecule has 0 saturated heterocycles. The Balaban J connectivity index is 2.10. The predicted molar refractivity (Wildman–Crippen MR) is 100.0 cm³/mol. The number of hydrogen-bond donors (Lipinski definition) is 2. The summed E-state index contributed by atoms with van der Waals surface area (Å²) >= 11 is 3.23. The van der Waals surface area contributed by atoms with E-state index in [2.05, 4.69) is 21.2 Å². The molecule has 2 aromatic rings. The number of esters is 1. The molecule has 0 radical (unpaired) electrons. The van der Waals surface area contributed by atoms with Gasteiger partial charge in [0.05, 0.1) is 0 Å². The Morgan fingerprint density at radius 3 is 2.32 bits per heavy atom. The molecule has 1 atom stereocenters. The first kappa shape index (κ1) is 19.0. The smallest absolute Gasteiger partial charge is 0.342 e. The molecule has 2 N–H and O–H groups in total. The number of carbonyl (C=O) groups is 2. The van der Waals surface area contributed by atoms with E-state index in [1.165, 1.54) is 19.1 Å². The van der Waals surface area contributed by atoms with E-state index in [1.54, 1.807) is 6.07 Å². The molecule has 0 aliphatic carbocycles. The number of rotatable bonds is 4. The molecule has 0 heterocycles. The minimum Gasteiger partial charge on any atom is -0.507 e. The third kappa shape index (κ3) is 4.60. The van der Waals surface area contributed by atoms with Crippen LogP contribution in [0.2, 0.25) is 0 Å². The Labute approximate surface area is 155 Å². The molecule has 132 valence electrons. The van der Waals surface area contributed by atoms with Crippen molar-refractivity contribution in [3.8, 4) is 5.75 Å². The van der Waals surface area contributed by atoms with Crippen LogP contribution in [0.1, 0.15) is 34.0 Å². The molecular weight excluding hydrogens is 386 g/mol. The van der Waals surface area contributed by atoms with E-state index < -0.39 is 18.0 Å². The summed E-state index contributed by atoms with van der Waals surface area (Å²) in [5, 5.41) is 12.6. The molecule has 6 heteroatoms. The summed E-state index contributed by atoms with van der Waals surface area (Å²) in [5.74, 6) is -1.40. The number of carbonyl (C=O) groups excluding carboxylic acids is 2. The van der Waals surface area contributed by atoms with E-state index in [1.807, 2.05) is 32.9 Å². The van der Waals surface area contributed by atoms with Crippen molar-refractivity contribution in [2.45, 2.75) is 33.8 Å². The summed E-state index contributed by atoms with van der Waals surface area (Å²) in [6, 6.07) is 8.36. The van der Waals surface area contributed by atoms with E-state index in [9.17, 15) is 14.7 Å². The molecule has 0 aliphatic rings. The molecule has 0 aromatic heterocycles. The highest BCUT2D eigenvalue weighted by Crippen LogP contribution is 2.24. The van der Waals surface area contributed by atoms with Gasteiger partial charge >= 0.3 is 5.97 Å². The van der Waals surface area contributed by atoms with Crippen LogP contribution in [0.5, 0.6) is 5.75 Å². The van der Waals surface area contributed by atoms with Crippen LogP contribution in [0.3, 0.4) is 0 Å². The van der Waals surface area contributed by atoms with Gasteiger partial charge < -0.3 is 15.2 Å². The first-order chi connectivity index (χ1) is 11.7. The maximum atomic E-state index is 12.4. The summed E-state index contributed by atoms with van der Waals surface area (Å²) < 4.78 is 5.80. The van der Waals surface area contributed by atoms with Gasteiger partial charge in [-0.3, -0.25) is 4.79 Å². The highest BCUT2D eigenvalue weighted by molar-refractivity contribution is 9.10. The Kier molecular flexibility index (Phi) is 5.85. The second kappa shape index (κ2) is 7.70. The van der Waals surface area contributed by atoms with Gasteiger partial charge in [0.25, 0.3) is 5.91 Å². The molecule has 2 aromatic carbocycles. The van der Waals surface area contributed by atoms with Crippen LogP contribution in [0.15, 0.2) is 34.8 Å². The quantitative estimate of drug-likeness (QED) is 0.744. The number of benzene rings is 2. The number of ether oxygens (including phenoxy) is 1. The second-order valence-corrected chi connectivity index (χ2v) is 6.89. The van der Waals surface area contributed by atoms with Crippen molar-refractivity contribution in [3.05, 3.63) is 57.1 Å². The topological polar surface area (TPSA) is 75.6 Å². The van der Waals surface area contributed by atoms with Gasteiger partial charge in [-0.05, 0) is 57.0 Å². The van der Waals surface area contributed by atoms with Gasteiger partial charge in [-0.2, -0.15) is 0 Å². The van der Waals surface area contributed by atoms with Crippen LogP contribution < -0.4 is 5.32 Å². The number of aromatic hydroxyl groups is 1. The molecule has 0 bridgehead atoms. The Bertz CT molecular complexity index is 809. The second-order valence-electron chi connectivity index (χ2n) is 5.97. The lowest BCUT2D eigenvalue weighted by Gasteiger charge is -2.17. The molecule has 0 saturated carbocycles. The van der Waals surface area contributed by atoms with Crippen LogP contribution in [-0.2, 0) is 9.53 Å². The van der Waals surface area contributed by atoms with Crippen molar-refractivity contribution >= 4 is 33.5 Å². The van der Waals surface area contributed by atoms with E-state index in [-0.39, 0.29) is 11.3 Å². The number of amides is 1. The summed E-state index contributed by atoms with van der Waals surface area (Å²) in [4.78, 5) is 24.5. The Morgan fingerprint density at radius 2 is 1.72 bits per heavy atom. The third-order valence-corrected chi connectivity index (χ3v) is 4.25. The summed E-state index contributed by atoms with van der Waals surface area (Å²) in [6.45, 7) is 7.29. The maximum absolute atomic E-state index is 12.4. The van der Waals surface area contributed by atoms with Crippen molar-refractivity contribution in [2.24, 2.45) is 0 Å².